The Morgan fingerprint density at radius 2 is 2.06 bits per heavy atom. The van der Waals surface area contributed by atoms with Crippen molar-refractivity contribution in [1.29, 1.82) is 0 Å². The Morgan fingerprint density at radius 1 is 1.25 bits per heavy atom. The van der Waals surface area contributed by atoms with Crippen molar-refractivity contribution in [2.45, 2.75) is 12.2 Å². The van der Waals surface area contributed by atoms with Gasteiger partial charge in [-0.1, -0.05) is 30.3 Å². The maximum Gasteiger partial charge on any atom is 0.111 e. The van der Waals surface area contributed by atoms with Crippen LogP contribution >= 0.6 is 0 Å². The zero-order valence-electron chi connectivity index (χ0n) is 9.12. The normalized spacial score (nSPS) is 31.6. The Hall–Kier alpha value is -0.940. The maximum absolute atomic E-state index is 10.1. The number of morpholine rings is 1. The molecular weight excluding hydrogens is 204 g/mol. The highest BCUT2D eigenvalue weighted by Crippen LogP contribution is 2.31. The number of nitrogens with zero attached hydrogens (tertiary/aromatic N) is 2. The molecule has 2 unspecified atom stereocenters. The van der Waals surface area contributed by atoms with Crippen molar-refractivity contribution < 1.29 is 9.94 Å². The van der Waals surface area contributed by atoms with E-state index < -0.39 is 0 Å². The summed E-state index contributed by atoms with van der Waals surface area (Å²) in [6, 6.07) is 10.2. The summed E-state index contributed by atoms with van der Waals surface area (Å²) in [5.74, 6) is 0. The minimum atomic E-state index is 0.0268. The molecule has 0 aliphatic carbocycles. The standard InChI is InChI=1S/C12H16N2O2/c15-14-11(10-4-2-1-3-5-10)8-13-6-7-16-9-12(13)14/h1-5,11-12,15H,6-9H2. The van der Waals surface area contributed by atoms with Crippen molar-refractivity contribution >= 4 is 0 Å². The van der Waals surface area contributed by atoms with Gasteiger partial charge in [0, 0.05) is 13.1 Å². The SMILES string of the molecule is ON1C(c2ccccc2)CN2CCOCC21. The number of ether oxygens (including phenoxy) is 1. The molecule has 86 valence electrons. The van der Waals surface area contributed by atoms with Crippen LogP contribution in [0.25, 0.3) is 0 Å². The maximum atomic E-state index is 10.1. The zero-order valence-corrected chi connectivity index (χ0v) is 9.12. The van der Waals surface area contributed by atoms with E-state index in [-0.39, 0.29) is 12.2 Å². The number of rotatable bonds is 1. The van der Waals surface area contributed by atoms with E-state index in [1.807, 2.05) is 18.2 Å². The fourth-order valence-corrected chi connectivity index (χ4v) is 2.53. The molecule has 4 nitrogen and oxygen atoms in total. The molecule has 0 aromatic heterocycles. The summed E-state index contributed by atoms with van der Waals surface area (Å²) in [6.45, 7) is 3.16. The first-order valence-corrected chi connectivity index (χ1v) is 5.70. The third-order valence-electron chi connectivity index (χ3n) is 3.43. The van der Waals surface area contributed by atoms with E-state index in [0.717, 1.165) is 19.7 Å². The smallest absolute Gasteiger partial charge is 0.111 e. The molecule has 0 amide bonds. The van der Waals surface area contributed by atoms with Crippen LogP contribution in [0.3, 0.4) is 0 Å². The average Bonchev–Trinajstić information content (AvgIpc) is 2.69. The molecule has 4 heteroatoms. The lowest BCUT2D eigenvalue weighted by atomic mass is 10.1. The summed E-state index contributed by atoms with van der Waals surface area (Å²) < 4.78 is 5.39. The lowest BCUT2D eigenvalue weighted by molar-refractivity contribution is -0.179. The molecule has 1 aromatic rings. The molecule has 1 N–H and O–H groups in total. The molecule has 0 spiro atoms. The van der Waals surface area contributed by atoms with Crippen LogP contribution in [-0.4, -0.2) is 47.6 Å². The van der Waals surface area contributed by atoms with E-state index in [2.05, 4.69) is 17.0 Å². The van der Waals surface area contributed by atoms with Crippen LogP contribution in [0.1, 0.15) is 11.6 Å². The van der Waals surface area contributed by atoms with E-state index in [0.29, 0.717) is 6.61 Å². The zero-order chi connectivity index (χ0) is 11.0. The van der Waals surface area contributed by atoms with Gasteiger partial charge in [0.05, 0.1) is 19.3 Å². The van der Waals surface area contributed by atoms with E-state index in [4.69, 9.17) is 4.74 Å². The highest BCUT2D eigenvalue weighted by molar-refractivity contribution is 5.20. The fourth-order valence-electron chi connectivity index (χ4n) is 2.53. The highest BCUT2D eigenvalue weighted by Gasteiger charge is 2.40. The van der Waals surface area contributed by atoms with Gasteiger partial charge < -0.3 is 9.94 Å². The summed E-state index contributed by atoms with van der Waals surface area (Å²) in [4.78, 5) is 2.28. The van der Waals surface area contributed by atoms with Crippen LogP contribution in [0.15, 0.2) is 30.3 Å². The predicted octanol–water partition coefficient (Wildman–Crippen LogP) is 1.09. The summed E-state index contributed by atoms with van der Waals surface area (Å²) in [5.41, 5.74) is 1.17. The van der Waals surface area contributed by atoms with Gasteiger partial charge in [-0.3, -0.25) is 4.90 Å². The molecule has 0 saturated carbocycles. The van der Waals surface area contributed by atoms with E-state index in [1.165, 1.54) is 10.6 Å². The van der Waals surface area contributed by atoms with Crippen LogP contribution in [0.4, 0.5) is 0 Å². The fraction of sp³-hybridized carbons (Fsp3) is 0.500. The average molecular weight is 220 g/mol. The summed E-state index contributed by atoms with van der Waals surface area (Å²) >= 11 is 0. The third kappa shape index (κ3) is 1.64. The molecule has 1 aromatic carbocycles. The molecule has 2 saturated heterocycles. The summed E-state index contributed by atoms with van der Waals surface area (Å²) in [5, 5.41) is 11.6. The summed E-state index contributed by atoms with van der Waals surface area (Å²) in [6.07, 6.45) is 0.0268. The van der Waals surface area contributed by atoms with Crippen LogP contribution in [-0.2, 0) is 4.74 Å². The van der Waals surface area contributed by atoms with Crippen molar-refractivity contribution in [1.82, 2.24) is 9.96 Å². The second kappa shape index (κ2) is 4.14. The van der Waals surface area contributed by atoms with Gasteiger partial charge in [0.25, 0.3) is 0 Å². The Morgan fingerprint density at radius 3 is 2.81 bits per heavy atom. The topological polar surface area (TPSA) is 35.9 Å². The molecule has 2 aliphatic rings. The van der Waals surface area contributed by atoms with Crippen molar-refractivity contribution in [3.8, 4) is 0 Å². The number of hydroxylamine groups is 2. The summed E-state index contributed by atoms with van der Waals surface area (Å²) in [7, 11) is 0. The minimum Gasteiger partial charge on any atom is -0.377 e. The second-order valence-corrected chi connectivity index (χ2v) is 4.36. The number of hydrogen-bond acceptors (Lipinski definition) is 4. The first-order chi connectivity index (χ1) is 7.86. The number of fused-ring (bicyclic) bond motifs is 1. The Labute approximate surface area is 95.0 Å². The van der Waals surface area contributed by atoms with E-state index in [9.17, 15) is 5.21 Å². The molecule has 0 bridgehead atoms. The van der Waals surface area contributed by atoms with Gasteiger partial charge in [-0.25, -0.2) is 0 Å². The largest absolute Gasteiger partial charge is 0.377 e. The highest BCUT2D eigenvalue weighted by atomic mass is 16.5. The third-order valence-corrected chi connectivity index (χ3v) is 3.43. The Balaban J connectivity index is 1.83. The second-order valence-electron chi connectivity index (χ2n) is 4.36. The van der Waals surface area contributed by atoms with Crippen LogP contribution in [0.2, 0.25) is 0 Å². The number of benzene rings is 1. The van der Waals surface area contributed by atoms with Crippen LogP contribution in [0, 0.1) is 0 Å². The van der Waals surface area contributed by atoms with E-state index in [1.54, 1.807) is 0 Å². The predicted molar refractivity (Wildman–Crippen MR) is 59.0 cm³/mol. The molecule has 3 rings (SSSR count). The van der Waals surface area contributed by atoms with Crippen LogP contribution in [0.5, 0.6) is 0 Å². The van der Waals surface area contributed by atoms with Gasteiger partial charge in [-0.15, -0.1) is 0 Å². The van der Waals surface area contributed by atoms with Crippen LogP contribution < -0.4 is 0 Å². The van der Waals surface area contributed by atoms with Gasteiger partial charge in [-0.2, -0.15) is 5.06 Å². The van der Waals surface area contributed by atoms with Crippen molar-refractivity contribution in [2.24, 2.45) is 0 Å². The molecule has 2 fully saturated rings. The molecule has 2 heterocycles. The van der Waals surface area contributed by atoms with Gasteiger partial charge >= 0.3 is 0 Å². The first kappa shape index (κ1) is 10.2. The van der Waals surface area contributed by atoms with Gasteiger partial charge in [0.15, 0.2) is 0 Å². The lowest BCUT2D eigenvalue weighted by Gasteiger charge is -2.31. The molecule has 2 atom stereocenters. The lowest BCUT2D eigenvalue weighted by Crippen LogP contribution is -2.46. The number of hydrogen-bond donors (Lipinski definition) is 1. The molecular formula is C12H16N2O2. The van der Waals surface area contributed by atoms with Gasteiger partial charge in [-0.05, 0) is 5.56 Å². The van der Waals surface area contributed by atoms with E-state index >= 15 is 0 Å². The molecule has 16 heavy (non-hydrogen) atoms. The minimum absolute atomic E-state index is 0.0268. The monoisotopic (exact) mass is 220 g/mol. The molecule has 0 radical (unpaired) electrons. The molecule has 2 aliphatic heterocycles. The first-order valence-electron chi connectivity index (χ1n) is 5.70. The Kier molecular flexibility index (Phi) is 2.65. The van der Waals surface area contributed by atoms with Gasteiger partial charge in [0.1, 0.15) is 6.17 Å². The van der Waals surface area contributed by atoms with Crippen molar-refractivity contribution in [3.05, 3.63) is 35.9 Å². The Bertz CT molecular complexity index is 357. The quantitative estimate of drug-likeness (QED) is 0.768. The van der Waals surface area contributed by atoms with Crippen molar-refractivity contribution in [3.63, 3.8) is 0 Å². The van der Waals surface area contributed by atoms with Gasteiger partial charge in [0.2, 0.25) is 0 Å². The van der Waals surface area contributed by atoms with Crippen molar-refractivity contribution in [2.75, 3.05) is 26.3 Å².